The fraction of sp³-hybridized carbons (Fsp3) is 0.450. The number of carbonyl (C=O) groups excluding carboxylic acids is 1. The van der Waals surface area contributed by atoms with Gasteiger partial charge in [-0.3, -0.25) is 4.79 Å². The summed E-state index contributed by atoms with van der Waals surface area (Å²) < 4.78 is 7.57. The Labute approximate surface area is 147 Å². The molecule has 2 fully saturated rings. The van der Waals surface area contributed by atoms with E-state index in [0.717, 1.165) is 25.1 Å². The van der Waals surface area contributed by atoms with E-state index in [4.69, 9.17) is 4.74 Å². The van der Waals surface area contributed by atoms with Crippen LogP contribution in [0.2, 0.25) is 0 Å². The van der Waals surface area contributed by atoms with Crippen molar-refractivity contribution in [3.8, 4) is 5.69 Å². The van der Waals surface area contributed by atoms with Gasteiger partial charge in [-0.15, -0.1) is 0 Å². The summed E-state index contributed by atoms with van der Waals surface area (Å²) in [5, 5.41) is 10.3. The van der Waals surface area contributed by atoms with Crippen molar-refractivity contribution in [1.82, 2.24) is 9.47 Å². The number of benzene rings is 1. The fourth-order valence-electron chi connectivity index (χ4n) is 4.05. The number of aliphatic hydroxyl groups is 1. The zero-order valence-corrected chi connectivity index (χ0v) is 14.3. The van der Waals surface area contributed by atoms with E-state index < -0.39 is 0 Å². The van der Waals surface area contributed by atoms with Gasteiger partial charge >= 0.3 is 0 Å². The zero-order valence-electron chi connectivity index (χ0n) is 14.3. The van der Waals surface area contributed by atoms with Crippen molar-refractivity contribution in [2.24, 2.45) is 5.92 Å². The molecule has 3 heterocycles. The molecule has 1 N–H and O–H groups in total. The van der Waals surface area contributed by atoms with E-state index in [9.17, 15) is 9.90 Å². The maximum atomic E-state index is 13.0. The van der Waals surface area contributed by atoms with Gasteiger partial charge in [0.1, 0.15) is 0 Å². The molecule has 0 spiro atoms. The van der Waals surface area contributed by atoms with Crippen LogP contribution in [0.1, 0.15) is 29.6 Å². The van der Waals surface area contributed by atoms with Gasteiger partial charge in [0.15, 0.2) is 0 Å². The highest BCUT2D eigenvalue weighted by atomic mass is 16.5. The lowest BCUT2D eigenvalue weighted by molar-refractivity contribution is -0.0589. The third kappa shape index (κ3) is 3.22. The van der Waals surface area contributed by atoms with Crippen molar-refractivity contribution in [2.75, 3.05) is 19.8 Å². The van der Waals surface area contributed by atoms with Crippen LogP contribution in [0.3, 0.4) is 0 Å². The van der Waals surface area contributed by atoms with Crippen LogP contribution in [-0.4, -0.2) is 52.4 Å². The molecule has 2 aliphatic heterocycles. The van der Waals surface area contributed by atoms with Gasteiger partial charge in [0.05, 0.1) is 12.7 Å². The van der Waals surface area contributed by atoms with Gasteiger partial charge in [0.25, 0.3) is 5.91 Å². The van der Waals surface area contributed by atoms with E-state index in [2.05, 4.69) is 0 Å². The number of hydrogen-bond acceptors (Lipinski definition) is 3. The van der Waals surface area contributed by atoms with Crippen molar-refractivity contribution in [3.05, 3.63) is 54.4 Å². The predicted octanol–water partition coefficient (Wildman–Crippen LogP) is 2.48. The van der Waals surface area contributed by atoms with E-state index in [1.54, 1.807) is 0 Å². The van der Waals surface area contributed by atoms with Crippen molar-refractivity contribution in [2.45, 2.75) is 31.4 Å². The fourth-order valence-corrected chi connectivity index (χ4v) is 4.05. The third-order valence-corrected chi connectivity index (χ3v) is 5.43. The van der Waals surface area contributed by atoms with Crippen LogP contribution in [0.15, 0.2) is 48.8 Å². The van der Waals surface area contributed by atoms with Crippen molar-refractivity contribution in [1.29, 1.82) is 0 Å². The first-order valence-electron chi connectivity index (χ1n) is 9.04. The standard InChI is InChI=1S/C20H24N2O3/c23-19-9-13-25-14-17(19)18-4-3-12-22(18)20(24)15-5-7-16(8-6-15)21-10-1-2-11-21/h1-2,5-8,10-11,17-19,23H,3-4,9,12-14H2/t17-,18+,19+/m0/s1. The van der Waals surface area contributed by atoms with E-state index in [0.29, 0.717) is 25.2 Å². The summed E-state index contributed by atoms with van der Waals surface area (Å²) in [7, 11) is 0. The molecule has 25 heavy (non-hydrogen) atoms. The van der Waals surface area contributed by atoms with Crippen LogP contribution in [0, 0.1) is 5.92 Å². The number of rotatable bonds is 3. The smallest absolute Gasteiger partial charge is 0.254 e. The second kappa shape index (κ2) is 7.02. The van der Waals surface area contributed by atoms with Crippen molar-refractivity contribution in [3.63, 3.8) is 0 Å². The van der Waals surface area contributed by atoms with Gasteiger partial charge in [-0.1, -0.05) is 0 Å². The highest BCUT2D eigenvalue weighted by Crippen LogP contribution is 2.31. The summed E-state index contributed by atoms with van der Waals surface area (Å²) in [5.41, 5.74) is 1.74. The highest BCUT2D eigenvalue weighted by molar-refractivity contribution is 5.94. The molecule has 1 amide bonds. The molecule has 132 valence electrons. The quantitative estimate of drug-likeness (QED) is 0.934. The molecular formula is C20H24N2O3. The SMILES string of the molecule is O=C(c1ccc(-n2cccc2)cc1)N1CCC[C@@H]1[C@@H]1COCC[C@H]1O. The van der Waals surface area contributed by atoms with E-state index in [1.807, 2.05) is 58.3 Å². The molecule has 3 atom stereocenters. The van der Waals surface area contributed by atoms with Crippen LogP contribution >= 0.6 is 0 Å². The lowest BCUT2D eigenvalue weighted by Crippen LogP contribution is -2.48. The largest absolute Gasteiger partial charge is 0.393 e. The van der Waals surface area contributed by atoms with Crippen LogP contribution in [0.25, 0.3) is 5.69 Å². The van der Waals surface area contributed by atoms with E-state index in [-0.39, 0.29) is 24.0 Å². The second-order valence-electron chi connectivity index (χ2n) is 6.94. The molecule has 0 saturated carbocycles. The lowest BCUT2D eigenvalue weighted by atomic mass is 9.89. The van der Waals surface area contributed by atoms with Crippen LogP contribution < -0.4 is 0 Å². The monoisotopic (exact) mass is 340 g/mol. The van der Waals surface area contributed by atoms with Gasteiger partial charge in [-0.25, -0.2) is 0 Å². The highest BCUT2D eigenvalue weighted by Gasteiger charge is 2.39. The molecule has 5 nitrogen and oxygen atoms in total. The Morgan fingerprint density at radius 1 is 1.12 bits per heavy atom. The van der Waals surface area contributed by atoms with Gasteiger partial charge in [-0.05, 0) is 55.7 Å². The van der Waals surface area contributed by atoms with Crippen LogP contribution in [-0.2, 0) is 4.74 Å². The summed E-state index contributed by atoms with van der Waals surface area (Å²) in [4.78, 5) is 14.9. The molecule has 1 aromatic heterocycles. The van der Waals surface area contributed by atoms with E-state index in [1.165, 1.54) is 0 Å². The van der Waals surface area contributed by atoms with Gasteiger partial charge in [0.2, 0.25) is 0 Å². The summed E-state index contributed by atoms with van der Waals surface area (Å²) in [6.45, 7) is 1.91. The molecule has 0 aliphatic carbocycles. The number of carbonyl (C=O) groups is 1. The first-order chi connectivity index (χ1) is 12.2. The zero-order chi connectivity index (χ0) is 17.2. The van der Waals surface area contributed by atoms with Crippen LogP contribution in [0.4, 0.5) is 0 Å². The molecule has 2 saturated heterocycles. The molecular weight excluding hydrogens is 316 g/mol. The minimum atomic E-state index is -0.372. The minimum absolute atomic E-state index is 0.0272. The Morgan fingerprint density at radius 2 is 1.88 bits per heavy atom. The Balaban J connectivity index is 1.51. The molecule has 2 aliphatic rings. The Morgan fingerprint density at radius 3 is 2.60 bits per heavy atom. The molecule has 0 radical (unpaired) electrons. The first kappa shape index (κ1) is 16.4. The molecule has 4 rings (SSSR count). The topological polar surface area (TPSA) is 54.7 Å². The normalized spacial score (nSPS) is 26.8. The number of aliphatic hydroxyl groups excluding tert-OH is 1. The Bertz CT molecular complexity index is 711. The maximum absolute atomic E-state index is 13.0. The number of aromatic nitrogens is 1. The summed E-state index contributed by atoms with van der Waals surface area (Å²) in [6.07, 6.45) is 6.19. The number of ether oxygens (including phenoxy) is 1. The van der Waals surface area contributed by atoms with Crippen molar-refractivity contribution >= 4 is 5.91 Å². The lowest BCUT2D eigenvalue weighted by Gasteiger charge is -2.37. The number of hydrogen-bond donors (Lipinski definition) is 1. The van der Waals surface area contributed by atoms with E-state index >= 15 is 0 Å². The van der Waals surface area contributed by atoms with Gasteiger partial charge in [-0.2, -0.15) is 0 Å². The number of amides is 1. The third-order valence-electron chi connectivity index (χ3n) is 5.43. The molecule has 5 heteroatoms. The molecule has 0 unspecified atom stereocenters. The van der Waals surface area contributed by atoms with Crippen molar-refractivity contribution < 1.29 is 14.6 Å². The number of likely N-dealkylation sites (tertiary alicyclic amines) is 1. The predicted molar refractivity (Wildman–Crippen MR) is 94.8 cm³/mol. The second-order valence-corrected chi connectivity index (χ2v) is 6.94. The van der Waals surface area contributed by atoms with Gasteiger partial charge in [0, 0.05) is 48.8 Å². The Kier molecular flexibility index (Phi) is 4.59. The molecule has 1 aromatic carbocycles. The average Bonchev–Trinajstić information content (AvgIpc) is 3.34. The maximum Gasteiger partial charge on any atom is 0.254 e. The minimum Gasteiger partial charge on any atom is -0.393 e. The van der Waals surface area contributed by atoms with Crippen LogP contribution in [0.5, 0.6) is 0 Å². The van der Waals surface area contributed by atoms with Gasteiger partial charge < -0.3 is 19.3 Å². The summed E-state index contributed by atoms with van der Waals surface area (Å²) in [5.74, 6) is 0.0821. The molecule has 0 bridgehead atoms. The average molecular weight is 340 g/mol. The summed E-state index contributed by atoms with van der Waals surface area (Å²) in [6, 6.07) is 11.7. The number of nitrogens with zero attached hydrogens (tertiary/aromatic N) is 2. The Hall–Kier alpha value is -2.11. The first-order valence-corrected chi connectivity index (χ1v) is 9.04. The molecule has 2 aromatic rings. The summed E-state index contributed by atoms with van der Waals surface area (Å²) >= 11 is 0.